The smallest absolute Gasteiger partial charge is 0.387 e. The Hall–Kier alpha value is -2.81. The molecule has 3 rings (SSSR count). The summed E-state index contributed by atoms with van der Waals surface area (Å²) in [5, 5.41) is 15.0. The van der Waals surface area contributed by atoms with Crippen LogP contribution in [-0.4, -0.2) is 26.4 Å². The Morgan fingerprint density at radius 2 is 1.83 bits per heavy atom. The van der Waals surface area contributed by atoms with E-state index in [4.69, 9.17) is 14.7 Å². The van der Waals surface area contributed by atoms with Gasteiger partial charge in [0.2, 0.25) is 6.79 Å². The summed E-state index contributed by atoms with van der Waals surface area (Å²) in [5.74, 6) is 1.32. The first-order valence-electron chi connectivity index (χ1n) is 8.40. The van der Waals surface area contributed by atoms with Gasteiger partial charge in [-0.05, 0) is 23.8 Å². The molecule has 0 spiro atoms. The molecular formula is C19H19F2IN4O3. The van der Waals surface area contributed by atoms with Crippen LogP contribution in [0.25, 0.3) is 0 Å². The average Bonchev–Trinajstić information content (AvgIpc) is 3.15. The molecule has 0 fully saturated rings. The number of ether oxygens (including phenoxy) is 3. The number of nitrogens with one attached hydrogen (secondary N) is 2. The molecule has 0 atom stereocenters. The number of hydrogen-bond donors (Lipinski definition) is 2. The van der Waals surface area contributed by atoms with Crippen LogP contribution in [0.5, 0.6) is 17.2 Å². The van der Waals surface area contributed by atoms with Crippen molar-refractivity contribution < 1.29 is 23.0 Å². The Morgan fingerprint density at radius 3 is 2.45 bits per heavy atom. The van der Waals surface area contributed by atoms with E-state index < -0.39 is 6.61 Å². The van der Waals surface area contributed by atoms with E-state index in [9.17, 15) is 8.78 Å². The van der Waals surface area contributed by atoms with E-state index in [1.807, 2.05) is 12.1 Å². The molecule has 0 radical (unpaired) electrons. The summed E-state index contributed by atoms with van der Waals surface area (Å²) in [6.07, 6.45) is 0. The second-order valence-corrected chi connectivity index (χ2v) is 5.78. The Labute approximate surface area is 183 Å². The maximum absolute atomic E-state index is 12.7. The molecule has 2 aromatic carbocycles. The number of nitrogens with zero attached hydrogens (tertiary/aromatic N) is 2. The first kappa shape index (κ1) is 22.5. The van der Waals surface area contributed by atoms with Crippen LogP contribution >= 0.6 is 24.0 Å². The van der Waals surface area contributed by atoms with Gasteiger partial charge in [0.25, 0.3) is 0 Å². The van der Waals surface area contributed by atoms with Crippen molar-refractivity contribution in [2.75, 3.05) is 13.8 Å². The highest BCUT2D eigenvalue weighted by molar-refractivity contribution is 14.0. The Morgan fingerprint density at radius 1 is 1.17 bits per heavy atom. The number of aliphatic imine (C=N–C) groups is 1. The number of benzene rings is 2. The fourth-order valence-corrected chi connectivity index (χ4v) is 2.59. The van der Waals surface area contributed by atoms with Gasteiger partial charge in [0.15, 0.2) is 17.5 Å². The largest absolute Gasteiger partial charge is 0.454 e. The molecule has 7 nitrogen and oxygen atoms in total. The van der Waals surface area contributed by atoms with Gasteiger partial charge >= 0.3 is 6.61 Å². The molecule has 2 N–H and O–H groups in total. The standard InChI is InChI=1S/C19H18F2N4O3.HI/c1-23-19(24-9-13-4-2-12(8-22)3-5-13)25-10-14-6-16-17(27-11-26-16)7-15(14)28-18(20)21;/h2-7,18H,9-11H2,1H3,(H2,23,24,25);1H. The van der Waals surface area contributed by atoms with Gasteiger partial charge in [0, 0.05) is 31.8 Å². The molecule has 0 unspecified atom stereocenters. The van der Waals surface area contributed by atoms with Crippen LogP contribution in [0.3, 0.4) is 0 Å². The molecule has 0 saturated heterocycles. The maximum atomic E-state index is 12.7. The predicted molar refractivity (Wildman–Crippen MR) is 113 cm³/mol. The number of nitriles is 1. The van der Waals surface area contributed by atoms with Gasteiger partial charge < -0.3 is 24.8 Å². The van der Waals surface area contributed by atoms with Gasteiger partial charge in [0.1, 0.15) is 5.75 Å². The summed E-state index contributed by atoms with van der Waals surface area (Å²) >= 11 is 0. The number of hydrogen-bond acceptors (Lipinski definition) is 5. The van der Waals surface area contributed by atoms with Crippen molar-refractivity contribution >= 4 is 29.9 Å². The summed E-state index contributed by atoms with van der Waals surface area (Å²) < 4.78 is 40.5. The van der Waals surface area contributed by atoms with Crippen molar-refractivity contribution in [3.63, 3.8) is 0 Å². The topological polar surface area (TPSA) is 87.9 Å². The fourth-order valence-electron chi connectivity index (χ4n) is 2.59. The van der Waals surface area contributed by atoms with Crippen LogP contribution in [-0.2, 0) is 13.1 Å². The number of halogens is 3. The lowest BCUT2D eigenvalue weighted by Gasteiger charge is -2.15. The molecule has 0 amide bonds. The van der Waals surface area contributed by atoms with Gasteiger partial charge in [-0.1, -0.05) is 12.1 Å². The highest BCUT2D eigenvalue weighted by Gasteiger charge is 2.20. The molecule has 2 aromatic rings. The summed E-state index contributed by atoms with van der Waals surface area (Å²) in [7, 11) is 1.60. The van der Waals surface area contributed by atoms with Crippen LogP contribution in [0.15, 0.2) is 41.4 Å². The van der Waals surface area contributed by atoms with Crippen LogP contribution in [0.4, 0.5) is 8.78 Å². The van der Waals surface area contributed by atoms with E-state index in [1.165, 1.54) is 6.07 Å². The number of fused-ring (bicyclic) bond motifs is 1. The molecule has 1 heterocycles. The first-order chi connectivity index (χ1) is 13.6. The van der Waals surface area contributed by atoms with Gasteiger partial charge in [-0.25, -0.2) is 0 Å². The quantitative estimate of drug-likeness (QED) is 0.348. The van der Waals surface area contributed by atoms with E-state index in [0.29, 0.717) is 35.1 Å². The lowest BCUT2D eigenvalue weighted by atomic mass is 10.1. The minimum absolute atomic E-state index is 0. The zero-order chi connectivity index (χ0) is 19.9. The Bertz CT molecular complexity index is 902. The normalized spacial score (nSPS) is 12.2. The van der Waals surface area contributed by atoms with E-state index >= 15 is 0 Å². The molecule has 1 aliphatic heterocycles. The van der Waals surface area contributed by atoms with Crippen LogP contribution in [0, 0.1) is 11.3 Å². The highest BCUT2D eigenvalue weighted by Crippen LogP contribution is 2.38. The predicted octanol–water partition coefficient (Wildman–Crippen LogP) is 3.37. The zero-order valence-corrected chi connectivity index (χ0v) is 17.8. The molecule has 0 aliphatic carbocycles. The van der Waals surface area contributed by atoms with Crippen molar-refractivity contribution in [2.24, 2.45) is 4.99 Å². The molecule has 0 saturated carbocycles. The summed E-state index contributed by atoms with van der Waals surface area (Å²) in [5.41, 5.74) is 2.03. The molecular weight excluding hydrogens is 497 g/mol. The van der Waals surface area contributed by atoms with Crippen molar-refractivity contribution in [2.45, 2.75) is 19.7 Å². The van der Waals surface area contributed by atoms with E-state index in [-0.39, 0.29) is 43.1 Å². The fraction of sp³-hybridized carbons (Fsp3) is 0.263. The van der Waals surface area contributed by atoms with E-state index in [0.717, 1.165) is 5.56 Å². The van der Waals surface area contributed by atoms with Crippen molar-refractivity contribution in [3.05, 3.63) is 53.1 Å². The summed E-state index contributed by atoms with van der Waals surface area (Å²) in [6.45, 7) is -2.25. The number of guanidine groups is 1. The minimum Gasteiger partial charge on any atom is -0.454 e. The summed E-state index contributed by atoms with van der Waals surface area (Å²) in [6, 6.07) is 12.2. The molecule has 154 valence electrons. The van der Waals surface area contributed by atoms with E-state index in [2.05, 4.69) is 26.4 Å². The molecule has 10 heteroatoms. The molecule has 29 heavy (non-hydrogen) atoms. The average molecular weight is 516 g/mol. The monoisotopic (exact) mass is 516 g/mol. The van der Waals surface area contributed by atoms with Crippen LogP contribution < -0.4 is 24.8 Å². The van der Waals surface area contributed by atoms with E-state index in [1.54, 1.807) is 25.2 Å². The van der Waals surface area contributed by atoms with Gasteiger partial charge in [-0.15, -0.1) is 24.0 Å². The van der Waals surface area contributed by atoms with Crippen molar-refractivity contribution in [1.82, 2.24) is 10.6 Å². The minimum atomic E-state index is -2.95. The lowest BCUT2D eigenvalue weighted by Crippen LogP contribution is -2.36. The third-order valence-corrected chi connectivity index (χ3v) is 3.98. The molecule has 0 bridgehead atoms. The van der Waals surface area contributed by atoms with Gasteiger partial charge in [0.05, 0.1) is 11.6 Å². The Kier molecular flexibility index (Phi) is 8.26. The highest BCUT2D eigenvalue weighted by atomic mass is 127. The van der Waals surface area contributed by atoms with Gasteiger partial charge in [-0.3, -0.25) is 4.99 Å². The summed E-state index contributed by atoms with van der Waals surface area (Å²) in [4.78, 5) is 4.11. The van der Waals surface area contributed by atoms with Gasteiger partial charge in [-0.2, -0.15) is 14.0 Å². The molecule has 0 aromatic heterocycles. The Balaban J connectivity index is 0.00000300. The first-order valence-corrected chi connectivity index (χ1v) is 8.40. The third-order valence-electron chi connectivity index (χ3n) is 3.98. The van der Waals surface area contributed by atoms with Crippen molar-refractivity contribution in [1.29, 1.82) is 5.26 Å². The second-order valence-electron chi connectivity index (χ2n) is 5.78. The maximum Gasteiger partial charge on any atom is 0.387 e. The number of rotatable bonds is 6. The van der Waals surface area contributed by atoms with Crippen LogP contribution in [0.2, 0.25) is 0 Å². The zero-order valence-electron chi connectivity index (χ0n) is 15.4. The second kappa shape index (κ2) is 10.7. The van der Waals surface area contributed by atoms with Crippen LogP contribution in [0.1, 0.15) is 16.7 Å². The van der Waals surface area contributed by atoms with Crippen molar-refractivity contribution in [3.8, 4) is 23.3 Å². The molecule has 1 aliphatic rings. The third kappa shape index (κ3) is 6.08. The number of alkyl halides is 2. The lowest BCUT2D eigenvalue weighted by molar-refractivity contribution is -0.0505. The SMILES string of the molecule is CN=C(NCc1ccc(C#N)cc1)NCc1cc2c(cc1OC(F)F)OCO2.I.